The van der Waals surface area contributed by atoms with Crippen LogP contribution in [0.2, 0.25) is 0 Å². The predicted molar refractivity (Wildman–Crippen MR) is 114 cm³/mol. The van der Waals surface area contributed by atoms with Crippen molar-refractivity contribution >= 4 is 22.7 Å². The van der Waals surface area contributed by atoms with E-state index in [0.717, 1.165) is 37.9 Å². The summed E-state index contributed by atoms with van der Waals surface area (Å²) < 4.78 is 5.41. The Labute approximate surface area is 176 Å². The molecule has 1 aliphatic carbocycles. The number of carbonyl (C=O) groups excluding carboxylic acids is 2. The van der Waals surface area contributed by atoms with Gasteiger partial charge in [-0.25, -0.2) is 0 Å². The van der Waals surface area contributed by atoms with Gasteiger partial charge in [-0.3, -0.25) is 14.5 Å². The number of ether oxygens (including phenoxy) is 1. The van der Waals surface area contributed by atoms with Crippen LogP contribution in [-0.2, 0) is 20.7 Å². The standard InChI is InChI=1S/C23H30N4O3/c28-22(17-5-6-17)27-10-9-25(16-21(27)23(29)26-11-13-30-14-12-26)8-7-18-15-24-20-4-2-1-3-19(18)20/h1-4,15,17,21,24H,5-14,16H2. The molecule has 0 radical (unpaired) electrons. The molecular weight excluding hydrogens is 380 g/mol. The van der Waals surface area contributed by atoms with Gasteiger partial charge in [0.2, 0.25) is 11.8 Å². The summed E-state index contributed by atoms with van der Waals surface area (Å²) in [7, 11) is 0. The lowest BCUT2D eigenvalue weighted by molar-refractivity contribution is -0.152. The maximum absolute atomic E-state index is 13.3. The molecule has 2 amide bonds. The zero-order valence-corrected chi connectivity index (χ0v) is 17.4. The van der Waals surface area contributed by atoms with E-state index in [0.29, 0.717) is 39.4 Å². The number of carbonyl (C=O) groups is 2. The monoisotopic (exact) mass is 410 g/mol. The molecule has 1 saturated carbocycles. The van der Waals surface area contributed by atoms with Crippen LogP contribution in [0.25, 0.3) is 10.9 Å². The molecule has 0 spiro atoms. The molecule has 3 aliphatic rings. The molecule has 3 heterocycles. The van der Waals surface area contributed by atoms with Crippen molar-refractivity contribution in [2.24, 2.45) is 5.92 Å². The van der Waals surface area contributed by atoms with Gasteiger partial charge >= 0.3 is 0 Å². The summed E-state index contributed by atoms with van der Waals surface area (Å²) in [5.74, 6) is 0.407. The molecule has 1 aromatic carbocycles. The van der Waals surface area contributed by atoms with E-state index in [1.165, 1.54) is 10.9 Å². The molecule has 7 nitrogen and oxygen atoms in total. The topological polar surface area (TPSA) is 68.9 Å². The molecule has 2 aliphatic heterocycles. The third-order valence-corrected chi connectivity index (χ3v) is 6.65. The van der Waals surface area contributed by atoms with Gasteiger partial charge < -0.3 is 19.5 Å². The van der Waals surface area contributed by atoms with Crippen molar-refractivity contribution in [3.63, 3.8) is 0 Å². The Morgan fingerprint density at radius 3 is 2.63 bits per heavy atom. The Balaban J connectivity index is 1.27. The highest BCUT2D eigenvalue weighted by Crippen LogP contribution is 2.32. The molecule has 0 bridgehead atoms. The lowest BCUT2D eigenvalue weighted by Crippen LogP contribution is -2.62. The van der Waals surface area contributed by atoms with Crippen LogP contribution in [0, 0.1) is 5.92 Å². The number of para-hydroxylation sites is 1. The molecular formula is C23H30N4O3. The van der Waals surface area contributed by atoms with Gasteiger partial charge in [0.05, 0.1) is 13.2 Å². The quantitative estimate of drug-likeness (QED) is 0.811. The summed E-state index contributed by atoms with van der Waals surface area (Å²) in [5, 5.41) is 1.26. The highest BCUT2D eigenvalue weighted by atomic mass is 16.5. The number of hydrogen-bond acceptors (Lipinski definition) is 4. The average molecular weight is 411 g/mol. The van der Waals surface area contributed by atoms with Gasteiger partial charge in [-0.05, 0) is 30.9 Å². The van der Waals surface area contributed by atoms with Crippen molar-refractivity contribution in [3.8, 4) is 0 Å². The highest BCUT2D eigenvalue weighted by molar-refractivity contribution is 5.90. The summed E-state index contributed by atoms with van der Waals surface area (Å²) in [6, 6.07) is 7.99. The van der Waals surface area contributed by atoms with Gasteiger partial charge in [-0.2, -0.15) is 0 Å². The van der Waals surface area contributed by atoms with Crippen molar-refractivity contribution in [2.45, 2.75) is 25.3 Å². The molecule has 160 valence electrons. The van der Waals surface area contributed by atoms with Crippen molar-refractivity contribution < 1.29 is 14.3 Å². The SMILES string of the molecule is O=C(C1CN(CCc2c[nH]c3ccccc23)CCN1C(=O)C1CC1)N1CCOCC1. The smallest absolute Gasteiger partial charge is 0.246 e. The van der Waals surface area contributed by atoms with Crippen molar-refractivity contribution in [1.82, 2.24) is 19.7 Å². The number of benzene rings is 1. The number of H-pyrrole nitrogens is 1. The third kappa shape index (κ3) is 3.96. The van der Waals surface area contributed by atoms with Crippen LogP contribution in [0.4, 0.5) is 0 Å². The maximum Gasteiger partial charge on any atom is 0.246 e. The first-order valence-electron chi connectivity index (χ1n) is 11.1. The maximum atomic E-state index is 13.3. The molecule has 5 rings (SSSR count). The minimum Gasteiger partial charge on any atom is -0.378 e. The fourth-order valence-electron chi connectivity index (χ4n) is 4.69. The Kier molecular flexibility index (Phi) is 5.48. The zero-order chi connectivity index (χ0) is 20.5. The van der Waals surface area contributed by atoms with Crippen LogP contribution in [0.1, 0.15) is 18.4 Å². The van der Waals surface area contributed by atoms with Gasteiger partial charge in [0.15, 0.2) is 0 Å². The number of amides is 2. The average Bonchev–Trinajstić information content (AvgIpc) is 3.57. The fraction of sp³-hybridized carbons (Fsp3) is 0.565. The van der Waals surface area contributed by atoms with Crippen LogP contribution in [0.15, 0.2) is 30.5 Å². The van der Waals surface area contributed by atoms with Crippen LogP contribution < -0.4 is 0 Å². The van der Waals surface area contributed by atoms with Crippen molar-refractivity contribution in [3.05, 3.63) is 36.0 Å². The lowest BCUT2D eigenvalue weighted by atomic mass is 10.1. The normalized spacial score (nSPS) is 23.1. The molecule has 2 saturated heterocycles. The second-order valence-electron chi connectivity index (χ2n) is 8.67. The Morgan fingerprint density at radius 1 is 1.03 bits per heavy atom. The second kappa shape index (κ2) is 8.40. The van der Waals surface area contributed by atoms with E-state index in [1.54, 1.807) is 0 Å². The first-order valence-corrected chi connectivity index (χ1v) is 11.1. The lowest BCUT2D eigenvalue weighted by Gasteiger charge is -2.43. The molecule has 1 aromatic heterocycles. The van der Waals surface area contributed by atoms with Gasteiger partial charge in [-0.15, -0.1) is 0 Å². The summed E-state index contributed by atoms with van der Waals surface area (Å²) >= 11 is 0. The summed E-state index contributed by atoms with van der Waals surface area (Å²) in [6.45, 7) is 5.39. The summed E-state index contributed by atoms with van der Waals surface area (Å²) in [4.78, 5) is 35.6. The van der Waals surface area contributed by atoms with E-state index in [1.807, 2.05) is 15.9 Å². The van der Waals surface area contributed by atoms with Gasteiger partial charge in [0, 0.05) is 62.3 Å². The molecule has 3 fully saturated rings. The number of piperazine rings is 1. The van der Waals surface area contributed by atoms with E-state index in [9.17, 15) is 9.59 Å². The van der Waals surface area contributed by atoms with Gasteiger partial charge in [0.25, 0.3) is 0 Å². The number of nitrogens with one attached hydrogen (secondary N) is 1. The second-order valence-corrected chi connectivity index (χ2v) is 8.67. The third-order valence-electron chi connectivity index (χ3n) is 6.65. The number of aromatic amines is 1. The minimum atomic E-state index is -0.368. The minimum absolute atomic E-state index is 0.0871. The summed E-state index contributed by atoms with van der Waals surface area (Å²) in [6.07, 6.45) is 4.96. The van der Waals surface area contributed by atoms with Crippen molar-refractivity contribution in [2.75, 3.05) is 52.5 Å². The number of aromatic nitrogens is 1. The molecule has 1 N–H and O–H groups in total. The molecule has 7 heteroatoms. The van der Waals surface area contributed by atoms with Crippen molar-refractivity contribution in [1.29, 1.82) is 0 Å². The van der Waals surface area contributed by atoms with E-state index in [-0.39, 0.29) is 23.8 Å². The molecule has 30 heavy (non-hydrogen) atoms. The first kappa shape index (κ1) is 19.6. The first-order chi connectivity index (χ1) is 14.7. The van der Waals surface area contributed by atoms with E-state index < -0.39 is 0 Å². The Morgan fingerprint density at radius 2 is 1.83 bits per heavy atom. The highest BCUT2D eigenvalue weighted by Gasteiger charge is 2.42. The largest absolute Gasteiger partial charge is 0.378 e. The summed E-state index contributed by atoms with van der Waals surface area (Å²) in [5.41, 5.74) is 2.46. The molecule has 2 aromatic rings. The van der Waals surface area contributed by atoms with E-state index in [4.69, 9.17) is 4.74 Å². The zero-order valence-electron chi connectivity index (χ0n) is 17.4. The van der Waals surface area contributed by atoms with Crippen LogP contribution in [0.5, 0.6) is 0 Å². The van der Waals surface area contributed by atoms with Gasteiger partial charge in [0.1, 0.15) is 6.04 Å². The van der Waals surface area contributed by atoms with Crippen LogP contribution >= 0.6 is 0 Å². The molecule has 1 unspecified atom stereocenters. The number of morpholine rings is 1. The van der Waals surface area contributed by atoms with Crippen LogP contribution in [-0.4, -0.2) is 90.0 Å². The predicted octanol–water partition coefficient (Wildman–Crippen LogP) is 1.49. The number of fused-ring (bicyclic) bond motifs is 1. The van der Waals surface area contributed by atoms with Gasteiger partial charge in [-0.1, -0.05) is 18.2 Å². The van der Waals surface area contributed by atoms with E-state index in [2.05, 4.69) is 34.3 Å². The number of nitrogens with zero attached hydrogens (tertiary/aromatic N) is 3. The Hall–Kier alpha value is -2.38. The Bertz CT molecular complexity index is 916. The molecule has 1 atom stereocenters. The fourth-order valence-corrected chi connectivity index (χ4v) is 4.69. The number of hydrogen-bond donors (Lipinski definition) is 1. The number of rotatable bonds is 5. The van der Waals surface area contributed by atoms with E-state index >= 15 is 0 Å². The van der Waals surface area contributed by atoms with Crippen LogP contribution in [0.3, 0.4) is 0 Å².